The van der Waals surface area contributed by atoms with Crippen molar-refractivity contribution in [2.75, 3.05) is 23.8 Å². The standard InChI is InChI=1S/C27H37N3O3/c1-2-3-4-8-17-33-25-16-10-15-24(19-25)29-26(31)20-28-23-14-9-11-21(18-23)27(32)30-22-12-6-5-7-13-22/h9-11,14-16,18-19,22,28H,2-8,12-13,17,20H2,1H3,(H,29,31)(H,30,32). The van der Waals surface area contributed by atoms with Crippen LogP contribution in [0.3, 0.4) is 0 Å². The fraction of sp³-hybridized carbons (Fsp3) is 0.481. The molecule has 6 nitrogen and oxygen atoms in total. The van der Waals surface area contributed by atoms with E-state index in [1.165, 1.54) is 38.5 Å². The van der Waals surface area contributed by atoms with Crippen molar-refractivity contribution < 1.29 is 14.3 Å². The molecule has 2 amide bonds. The number of nitrogens with one attached hydrogen (secondary N) is 3. The highest BCUT2D eigenvalue weighted by atomic mass is 16.5. The van der Waals surface area contributed by atoms with Crippen molar-refractivity contribution in [2.45, 2.75) is 70.8 Å². The number of ether oxygens (including phenoxy) is 1. The number of anilines is 2. The van der Waals surface area contributed by atoms with Crippen LogP contribution in [0.1, 0.15) is 75.1 Å². The van der Waals surface area contributed by atoms with Gasteiger partial charge in [0.25, 0.3) is 5.91 Å². The Kier molecular flexibility index (Phi) is 10.1. The molecule has 178 valence electrons. The molecule has 0 bridgehead atoms. The van der Waals surface area contributed by atoms with E-state index in [-0.39, 0.29) is 24.4 Å². The fourth-order valence-electron chi connectivity index (χ4n) is 4.06. The second-order valence-electron chi connectivity index (χ2n) is 8.73. The van der Waals surface area contributed by atoms with E-state index in [1.807, 2.05) is 36.4 Å². The maximum atomic E-state index is 12.6. The maximum Gasteiger partial charge on any atom is 0.251 e. The van der Waals surface area contributed by atoms with Crippen LogP contribution < -0.4 is 20.7 Å². The molecule has 0 aliphatic heterocycles. The zero-order valence-corrected chi connectivity index (χ0v) is 19.7. The third kappa shape index (κ3) is 8.79. The first-order chi connectivity index (χ1) is 16.1. The minimum absolute atomic E-state index is 0.0542. The zero-order chi connectivity index (χ0) is 23.3. The van der Waals surface area contributed by atoms with E-state index in [9.17, 15) is 9.59 Å². The summed E-state index contributed by atoms with van der Waals surface area (Å²) in [4.78, 5) is 25.0. The molecule has 1 fully saturated rings. The van der Waals surface area contributed by atoms with Crippen LogP contribution in [0, 0.1) is 0 Å². The Labute approximate surface area is 197 Å². The summed E-state index contributed by atoms with van der Waals surface area (Å²) < 4.78 is 5.79. The molecule has 0 aromatic heterocycles. The first-order valence-electron chi connectivity index (χ1n) is 12.3. The van der Waals surface area contributed by atoms with E-state index in [0.717, 1.165) is 30.7 Å². The Balaban J connectivity index is 1.44. The molecular weight excluding hydrogens is 414 g/mol. The van der Waals surface area contributed by atoms with Gasteiger partial charge in [0.2, 0.25) is 5.91 Å². The van der Waals surface area contributed by atoms with Gasteiger partial charge in [-0.05, 0) is 49.6 Å². The molecule has 0 saturated heterocycles. The van der Waals surface area contributed by atoms with Crippen LogP contribution in [0.25, 0.3) is 0 Å². The van der Waals surface area contributed by atoms with Crippen molar-refractivity contribution in [1.82, 2.24) is 5.32 Å². The fourth-order valence-corrected chi connectivity index (χ4v) is 4.06. The Morgan fingerprint density at radius 1 is 0.939 bits per heavy atom. The highest BCUT2D eigenvalue weighted by molar-refractivity contribution is 5.96. The quantitative estimate of drug-likeness (QED) is 0.359. The van der Waals surface area contributed by atoms with Gasteiger partial charge in [0.05, 0.1) is 13.2 Å². The van der Waals surface area contributed by atoms with Gasteiger partial charge >= 0.3 is 0 Å². The summed E-state index contributed by atoms with van der Waals surface area (Å²) in [6.07, 6.45) is 10.3. The topological polar surface area (TPSA) is 79.5 Å². The van der Waals surface area contributed by atoms with Crippen molar-refractivity contribution >= 4 is 23.2 Å². The first-order valence-corrected chi connectivity index (χ1v) is 12.3. The van der Waals surface area contributed by atoms with E-state index in [0.29, 0.717) is 17.9 Å². The van der Waals surface area contributed by atoms with Gasteiger partial charge in [-0.2, -0.15) is 0 Å². The summed E-state index contributed by atoms with van der Waals surface area (Å²) >= 11 is 0. The first kappa shape index (κ1) is 24.6. The Hall–Kier alpha value is -3.02. The van der Waals surface area contributed by atoms with Crippen LogP contribution in [-0.4, -0.2) is 31.0 Å². The van der Waals surface area contributed by atoms with Gasteiger partial charge in [0.1, 0.15) is 5.75 Å². The molecule has 0 atom stereocenters. The molecule has 3 rings (SSSR count). The number of unbranched alkanes of at least 4 members (excludes halogenated alkanes) is 3. The summed E-state index contributed by atoms with van der Waals surface area (Å²) in [5.41, 5.74) is 2.05. The summed E-state index contributed by atoms with van der Waals surface area (Å²) in [5.74, 6) is 0.544. The monoisotopic (exact) mass is 451 g/mol. The second-order valence-corrected chi connectivity index (χ2v) is 8.73. The Morgan fingerprint density at radius 2 is 1.73 bits per heavy atom. The van der Waals surface area contributed by atoms with Crippen molar-refractivity contribution in [2.24, 2.45) is 0 Å². The lowest BCUT2D eigenvalue weighted by atomic mass is 9.95. The molecule has 3 N–H and O–H groups in total. The summed E-state index contributed by atoms with van der Waals surface area (Å²) in [7, 11) is 0. The van der Waals surface area contributed by atoms with E-state index in [2.05, 4.69) is 22.9 Å². The smallest absolute Gasteiger partial charge is 0.251 e. The average Bonchev–Trinajstić information content (AvgIpc) is 2.84. The predicted octanol–water partition coefficient (Wildman–Crippen LogP) is 5.76. The lowest BCUT2D eigenvalue weighted by Gasteiger charge is -2.22. The summed E-state index contributed by atoms with van der Waals surface area (Å²) in [5, 5.41) is 9.13. The molecule has 33 heavy (non-hydrogen) atoms. The van der Waals surface area contributed by atoms with Crippen molar-refractivity contribution in [1.29, 1.82) is 0 Å². The molecule has 0 unspecified atom stereocenters. The van der Waals surface area contributed by atoms with Gasteiger partial charge in [0.15, 0.2) is 0 Å². The summed E-state index contributed by atoms with van der Waals surface area (Å²) in [6.45, 7) is 2.98. The molecule has 0 heterocycles. The maximum absolute atomic E-state index is 12.6. The van der Waals surface area contributed by atoms with E-state index in [4.69, 9.17) is 4.74 Å². The highest BCUT2D eigenvalue weighted by Gasteiger charge is 2.16. The third-order valence-corrected chi connectivity index (χ3v) is 5.90. The van der Waals surface area contributed by atoms with Gasteiger partial charge < -0.3 is 20.7 Å². The minimum atomic E-state index is -0.160. The molecule has 2 aromatic carbocycles. The van der Waals surface area contributed by atoms with E-state index in [1.54, 1.807) is 12.1 Å². The summed E-state index contributed by atoms with van der Waals surface area (Å²) in [6, 6.07) is 15.0. The van der Waals surface area contributed by atoms with Gasteiger partial charge in [-0.3, -0.25) is 9.59 Å². The second kappa shape index (κ2) is 13.5. The van der Waals surface area contributed by atoms with Crippen LogP contribution in [0.5, 0.6) is 5.75 Å². The van der Waals surface area contributed by atoms with Crippen LogP contribution in [0.4, 0.5) is 11.4 Å². The van der Waals surface area contributed by atoms with Crippen LogP contribution in [-0.2, 0) is 4.79 Å². The largest absolute Gasteiger partial charge is 0.494 e. The number of hydrogen-bond donors (Lipinski definition) is 3. The van der Waals surface area contributed by atoms with Crippen molar-refractivity contribution in [3.63, 3.8) is 0 Å². The molecule has 1 aliphatic carbocycles. The van der Waals surface area contributed by atoms with Crippen LogP contribution in [0.15, 0.2) is 48.5 Å². The Bertz CT molecular complexity index is 894. The van der Waals surface area contributed by atoms with Crippen molar-refractivity contribution in [3.05, 3.63) is 54.1 Å². The van der Waals surface area contributed by atoms with E-state index >= 15 is 0 Å². The molecule has 0 radical (unpaired) electrons. The molecular formula is C27H37N3O3. The Morgan fingerprint density at radius 3 is 2.55 bits per heavy atom. The molecule has 6 heteroatoms. The van der Waals surface area contributed by atoms with Crippen molar-refractivity contribution in [3.8, 4) is 5.75 Å². The molecule has 1 aliphatic rings. The van der Waals surface area contributed by atoms with Gasteiger partial charge in [-0.25, -0.2) is 0 Å². The number of benzene rings is 2. The predicted molar refractivity (Wildman–Crippen MR) is 134 cm³/mol. The van der Waals surface area contributed by atoms with E-state index < -0.39 is 0 Å². The van der Waals surface area contributed by atoms with Crippen LogP contribution in [0.2, 0.25) is 0 Å². The number of hydrogen-bond acceptors (Lipinski definition) is 4. The number of rotatable bonds is 12. The zero-order valence-electron chi connectivity index (χ0n) is 19.7. The highest BCUT2D eigenvalue weighted by Crippen LogP contribution is 2.19. The van der Waals surface area contributed by atoms with Gasteiger partial charge in [-0.1, -0.05) is 57.6 Å². The lowest BCUT2D eigenvalue weighted by molar-refractivity contribution is -0.114. The number of amides is 2. The number of carbonyl (C=O) groups excluding carboxylic acids is 2. The average molecular weight is 452 g/mol. The lowest BCUT2D eigenvalue weighted by Crippen LogP contribution is -2.36. The minimum Gasteiger partial charge on any atom is -0.494 e. The normalized spacial score (nSPS) is 13.8. The van der Waals surface area contributed by atoms with Crippen LogP contribution >= 0.6 is 0 Å². The third-order valence-electron chi connectivity index (χ3n) is 5.90. The molecule has 1 saturated carbocycles. The van der Waals surface area contributed by atoms with Gasteiger partial charge in [0, 0.05) is 29.0 Å². The SMILES string of the molecule is CCCCCCOc1cccc(NC(=O)CNc2cccc(C(=O)NC3CCCCC3)c2)c1. The van der Waals surface area contributed by atoms with Gasteiger partial charge in [-0.15, -0.1) is 0 Å². The molecule has 0 spiro atoms. The molecule has 2 aromatic rings. The number of carbonyl (C=O) groups is 2.